The van der Waals surface area contributed by atoms with Crippen molar-refractivity contribution in [2.24, 2.45) is 0 Å². The fourth-order valence-electron chi connectivity index (χ4n) is 3.48. The summed E-state index contributed by atoms with van der Waals surface area (Å²) in [6, 6.07) is 5.80. The fraction of sp³-hybridized carbons (Fsp3) is 0.348. The lowest BCUT2D eigenvalue weighted by atomic mass is 10.1. The Morgan fingerprint density at radius 1 is 1.07 bits per heavy atom. The first kappa shape index (κ1) is 21.4. The molecule has 158 valence electrons. The molecule has 0 amide bonds. The van der Waals surface area contributed by atoms with Crippen LogP contribution >= 0.6 is 0 Å². The number of ether oxygens (including phenoxy) is 3. The summed E-state index contributed by atoms with van der Waals surface area (Å²) in [5, 5.41) is 4.07. The van der Waals surface area contributed by atoms with Crippen LogP contribution in [0.1, 0.15) is 41.0 Å². The summed E-state index contributed by atoms with van der Waals surface area (Å²) in [7, 11) is 1.65. The summed E-state index contributed by atoms with van der Waals surface area (Å²) in [5.74, 6) is 1.04. The average molecular weight is 409 g/mol. The Hall–Kier alpha value is -3.35. The number of aryl methyl sites for hydroxylation is 3. The molecule has 1 aromatic carbocycles. The molecule has 0 aliphatic rings. The number of nitrogens with zero attached hydrogens (tertiary/aromatic N) is 2. The van der Waals surface area contributed by atoms with E-state index in [1.54, 1.807) is 14.0 Å². The van der Waals surface area contributed by atoms with E-state index < -0.39 is 5.97 Å². The van der Waals surface area contributed by atoms with Crippen molar-refractivity contribution < 1.29 is 19.0 Å². The van der Waals surface area contributed by atoms with Gasteiger partial charge in [-0.15, -0.1) is 0 Å². The summed E-state index contributed by atoms with van der Waals surface area (Å²) in [4.78, 5) is 21.6. The van der Waals surface area contributed by atoms with Crippen molar-refractivity contribution in [3.8, 4) is 11.5 Å². The molecule has 0 bridgehead atoms. The van der Waals surface area contributed by atoms with Crippen LogP contribution in [0.5, 0.6) is 11.5 Å². The number of hydrogen-bond acceptors (Lipinski definition) is 7. The third-order valence-electron chi connectivity index (χ3n) is 4.73. The lowest BCUT2D eigenvalue weighted by molar-refractivity contribution is 0.0527. The van der Waals surface area contributed by atoms with E-state index in [1.807, 2.05) is 45.9 Å². The van der Waals surface area contributed by atoms with Crippen molar-refractivity contribution in [3.63, 3.8) is 0 Å². The number of fused-ring (bicyclic) bond motifs is 1. The highest BCUT2D eigenvalue weighted by atomic mass is 16.5. The first-order valence-electron chi connectivity index (χ1n) is 9.92. The Labute approximate surface area is 176 Å². The lowest BCUT2D eigenvalue weighted by Crippen LogP contribution is -2.10. The molecular formula is C23H27N3O4. The van der Waals surface area contributed by atoms with Gasteiger partial charge in [-0.3, -0.25) is 0 Å². The molecule has 2 aromatic heterocycles. The number of esters is 1. The van der Waals surface area contributed by atoms with Gasteiger partial charge in [-0.25, -0.2) is 14.8 Å². The maximum absolute atomic E-state index is 12.6. The topological polar surface area (TPSA) is 82.6 Å². The van der Waals surface area contributed by atoms with Gasteiger partial charge in [-0.05, 0) is 63.9 Å². The van der Waals surface area contributed by atoms with Crippen LogP contribution in [-0.4, -0.2) is 36.3 Å². The molecule has 7 heteroatoms. The highest BCUT2D eigenvalue weighted by molar-refractivity contribution is 6.05. The van der Waals surface area contributed by atoms with Gasteiger partial charge in [0, 0.05) is 17.3 Å². The molecule has 0 spiro atoms. The predicted molar refractivity (Wildman–Crippen MR) is 117 cm³/mol. The number of pyridine rings is 2. The van der Waals surface area contributed by atoms with E-state index in [0.717, 1.165) is 28.3 Å². The third kappa shape index (κ3) is 4.15. The normalized spacial score (nSPS) is 10.7. The van der Waals surface area contributed by atoms with E-state index >= 15 is 0 Å². The van der Waals surface area contributed by atoms with Gasteiger partial charge in [-0.2, -0.15) is 0 Å². The zero-order valence-corrected chi connectivity index (χ0v) is 18.3. The number of methoxy groups -OCH3 is 1. The van der Waals surface area contributed by atoms with Gasteiger partial charge >= 0.3 is 5.97 Å². The molecule has 0 fully saturated rings. The second-order valence-electron chi connectivity index (χ2n) is 6.91. The molecule has 0 saturated carbocycles. The van der Waals surface area contributed by atoms with Gasteiger partial charge in [0.15, 0.2) is 5.65 Å². The molecule has 30 heavy (non-hydrogen) atoms. The Morgan fingerprint density at radius 3 is 2.37 bits per heavy atom. The van der Waals surface area contributed by atoms with Crippen molar-refractivity contribution in [2.45, 2.75) is 34.6 Å². The van der Waals surface area contributed by atoms with Crippen LogP contribution in [0.15, 0.2) is 24.4 Å². The summed E-state index contributed by atoms with van der Waals surface area (Å²) in [6.07, 6.45) is 1.50. The molecule has 0 aliphatic carbocycles. The molecule has 0 atom stereocenters. The summed E-state index contributed by atoms with van der Waals surface area (Å²) in [5.41, 5.74) is 4.97. The third-order valence-corrected chi connectivity index (χ3v) is 4.73. The number of carbonyl (C=O) groups excluding carboxylic acids is 1. The molecule has 0 radical (unpaired) electrons. The second kappa shape index (κ2) is 8.98. The first-order chi connectivity index (χ1) is 14.4. The van der Waals surface area contributed by atoms with Crippen molar-refractivity contribution >= 4 is 28.4 Å². The van der Waals surface area contributed by atoms with Crippen molar-refractivity contribution in [1.29, 1.82) is 0 Å². The smallest absolute Gasteiger partial charge is 0.341 e. The number of benzene rings is 1. The Bertz CT molecular complexity index is 1070. The van der Waals surface area contributed by atoms with Gasteiger partial charge < -0.3 is 19.5 Å². The fourth-order valence-corrected chi connectivity index (χ4v) is 3.48. The van der Waals surface area contributed by atoms with Gasteiger partial charge in [0.2, 0.25) is 0 Å². The molecular weight excluding hydrogens is 382 g/mol. The predicted octanol–water partition coefficient (Wildman–Crippen LogP) is 4.88. The van der Waals surface area contributed by atoms with Crippen LogP contribution in [0.3, 0.4) is 0 Å². The number of nitrogens with one attached hydrogen (secondary N) is 1. The minimum absolute atomic E-state index is 0.271. The van der Waals surface area contributed by atoms with Crippen LogP contribution in [0.2, 0.25) is 0 Å². The summed E-state index contributed by atoms with van der Waals surface area (Å²) in [6.45, 7) is 10.3. The van der Waals surface area contributed by atoms with Gasteiger partial charge in [0.1, 0.15) is 17.1 Å². The largest absolute Gasteiger partial charge is 0.496 e. The molecule has 1 N–H and O–H groups in total. The van der Waals surface area contributed by atoms with E-state index in [-0.39, 0.29) is 6.61 Å². The summed E-state index contributed by atoms with van der Waals surface area (Å²) >= 11 is 0. The van der Waals surface area contributed by atoms with Crippen LogP contribution in [0.25, 0.3) is 11.0 Å². The highest BCUT2D eigenvalue weighted by Crippen LogP contribution is 2.34. The zero-order chi connectivity index (χ0) is 21.8. The number of hydrogen-bond donors (Lipinski definition) is 1. The average Bonchev–Trinajstić information content (AvgIpc) is 2.69. The van der Waals surface area contributed by atoms with E-state index in [2.05, 4.69) is 15.3 Å². The van der Waals surface area contributed by atoms with Crippen LogP contribution < -0.4 is 14.8 Å². The van der Waals surface area contributed by atoms with E-state index in [1.165, 1.54) is 6.20 Å². The van der Waals surface area contributed by atoms with Gasteiger partial charge in [0.05, 0.1) is 31.7 Å². The van der Waals surface area contributed by atoms with Crippen molar-refractivity contribution in [3.05, 3.63) is 46.8 Å². The van der Waals surface area contributed by atoms with Gasteiger partial charge in [-0.1, -0.05) is 0 Å². The van der Waals surface area contributed by atoms with Crippen LogP contribution in [-0.2, 0) is 4.74 Å². The number of rotatable bonds is 7. The molecule has 7 nitrogen and oxygen atoms in total. The summed E-state index contributed by atoms with van der Waals surface area (Å²) < 4.78 is 16.4. The maximum atomic E-state index is 12.6. The number of anilines is 2. The minimum Gasteiger partial charge on any atom is -0.496 e. The van der Waals surface area contributed by atoms with E-state index in [9.17, 15) is 4.79 Å². The lowest BCUT2D eigenvalue weighted by Gasteiger charge is -2.17. The highest BCUT2D eigenvalue weighted by Gasteiger charge is 2.20. The van der Waals surface area contributed by atoms with Gasteiger partial charge in [0.25, 0.3) is 0 Å². The maximum Gasteiger partial charge on any atom is 0.341 e. The monoisotopic (exact) mass is 409 g/mol. The van der Waals surface area contributed by atoms with Crippen molar-refractivity contribution in [1.82, 2.24) is 9.97 Å². The second-order valence-corrected chi connectivity index (χ2v) is 6.91. The zero-order valence-electron chi connectivity index (χ0n) is 18.3. The SMILES string of the molecule is CCOC(=O)c1cnc2nc(C)c(OCC)cc2c1Nc1cc(C)c(OC)c(C)c1. The van der Waals surface area contributed by atoms with Crippen molar-refractivity contribution in [2.75, 3.05) is 25.6 Å². The Morgan fingerprint density at radius 2 is 1.77 bits per heavy atom. The van der Waals surface area contributed by atoms with Crippen LogP contribution in [0, 0.1) is 20.8 Å². The number of aromatic nitrogens is 2. The Balaban J connectivity index is 2.21. The standard InChI is InChI=1S/C23H27N3O4/c1-7-29-19-11-17-20(26-16-9-13(3)21(28-6)14(4)10-16)18(23(27)30-8-2)12-24-22(17)25-15(19)5/h9-12H,7-8H2,1-6H3,(H,24,25,26). The first-order valence-corrected chi connectivity index (χ1v) is 9.92. The van der Waals surface area contributed by atoms with Crippen LogP contribution in [0.4, 0.5) is 11.4 Å². The number of carbonyl (C=O) groups is 1. The molecule has 0 aliphatic heterocycles. The molecule has 2 heterocycles. The van der Waals surface area contributed by atoms with E-state index in [0.29, 0.717) is 34.6 Å². The molecule has 3 rings (SSSR count). The van der Waals surface area contributed by atoms with E-state index in [4.69, 9.17) is 14.2 Å². The molecule has 0 unspecified atom stereocenters. The minimum atomic E-state index is -0.449. The Kier molecular flexibility index (Phi) is 6.40. The quantitative estimate of drug-likeness (QED) is 0.557. The molecule has 3 aromatic rings. The molecule has 0 saturated heterocycles.